The Kier molecular flexibility index (Phi) is 7.54. The Morgan fingerprint density at radius 1 is 1.42 bits per heavy atom. The highest BCUT2D eigenvalue weighted by Gasteiger charge is 2.34. The molecule has 0 saturated carbocycles. The van der Waals surface area contributed by atoms with Crippen LogP contribution in [0.4, 0.5) is 0 Å². The Balaban J connectivity index is 0.00000154. The van der Waals surface area contributed by atoms with Crippen LogP contribution >= 0.6 is 0 Å². The molecule has 2 atom stereocenters. The monoisotopic (exact) mass is 278 g/mol. The van der Waals surface area contributed by atoms with Gasteiger partial charge >= 0.3 is 11.9 Å². The quantitative estimate of drug-likeness (QED) is 0.480. The largest absolute Gasteiger partial charge is 0.505 e. The third-order valence-electron chi connectivity index (χ3n) is 2.05. The van der Waals surface area contributed by atoms with Crippen molar-refractivity contribution in [3.8, 4) is 0 Å². The van der Waals surface area contributed by atoms with Crippen molar-refractivity contribution >= 4 is 11.9 Å². The summed E-state index contributed by atoms with van der Waals surface area (Å²) in [6.45, 7) is 3.82. The van der Waals surface area contributed by atoms with Gasteiger partial charge in [0, 0.05) is 6.42 Å². The van der Waals surface area contributed by atoms with Crippen molar-refractivity contribution in [2.75, 3.05) is 13.7 Å². The van der Waals surface area contributed by atoms with E-state index in [4.69, 9.17) is 10.2 Å². The predicted octanol–water partition coefficient (Wildman–Crippen LogP) is 0.164. The first kappa shape index (κ1) is 17.2. The highest BCUT2D eigenvalue weighted by molar-refractivity contribution is 5.88. The van der Waals surface area contributed by atoms with Gasteiger partial charge in [0.15, 0.2) is 11.9 Å². The third kappa shape index (κ3) is 4.76. The average molecular weight is 278 g/mol. The van der Waals surface area contributed by atoms with Gasteiger partial charge in [-0.05, 0) is 0 Å². The lowest BCUT2D eigenvalue weighted by molar-refractivity contribution is -0.181. The Bertz CT molecular complexity index is 349. The molecule has 0 aromatic heterocycles. The zero-order chi connectivity index (χ0) is 15.0. The van der Waals surface area contributed by atoms with Gasteiger partial charge < -0.3 is 29.5 Å². The average Bonchev–Trinajstić information content (AvgIpc) is 2.67. The first-order chi connectivity index (χ1) is 8.97. The summed E-state index contributed by atoms with van der Waals surface area (Å²) >= 11 is 0. The molecule has 1 aliphatic rings. The van der Waals surface area contributed by atoms with E-state index in [0.717, 1.165) is 7.11 Å². The fraction of sp³-hybridized carbons (Fsp3) is 0.636. The maximum Gasteiger partial charge on any atom is 0.377 e. The van der Waals surface area contributed by atoms with E-state index >= 15 is 0 Å². The minimum Gasteiger partial charge on any atom is -0.505 e. The van der Waals surface area contributed by atoms with Crippen LogP contribution < -0.4 is 0 Å². The molecule has 0 spiro atoms. The Labute approximate surface area is 110 Å². The molecule has 0 aromatic rings. The lowest BCUT2D eigenvalue weighted by atomic mass is 10.2. The number of ether oxygens (including phenoxy) is 3. The summed E-state index contributed by atoms with van der Waals surface area (Å²) in [6, 6.07) is 0. The molecule has 110 valence electrons. The van der Waals surface area contributed by atoms with Gasteiger partial charge in [-0.3, -0.25) is 0 Å². The van der Waals surface area contributed by atoms with E-state index in [1.54, 1.807) is 0 Å². The minimum absolute atomic E-state index is 0.0182. The van der Waals surface area contributed by atoms with Gasteiger partial charge in [-0.25, -0.2) is 9.59 Å². The number of esters is 2. The van der Waals surface area contributed by atoms with Crippen LogP contribution in [0, 0.1) is 0 Å². The van der Waals surface area contributed by atoms with E-state index in [2.05, 4.69) is 14.2 Å². The highest BCUT2D eigenvalue weighted by Crippen LogP contribution is 2.21. The van der Waals surface area contributed by atoms with Gasteiger partial charge in [0.25, 0.3) is 6.29 Å². The molecular formula is C11H18O8. The Hall–Kier alpha value is -1.80. The smallest absolute Gasteiger partial charge is 0.377 e. The number of hydrogen-bond acceptors (Lipinski definition) is 8. The van der Waals surface area contributed by atoms with E-state index in [-0.39, 0.29) is 13.0 Å². The van der Waals surface area contributed by atoms with Gasteiger partial charge in [0.1, 0.15) is 0 Å². The molecule has 3 N–H and O–H groups in total. The van der Waals surface area contributed by atoms with Gasteiger partial charge in [-0.15, -0.1) is 0 Å². The van der Waals surface area contributed by atoms with Gasteiger partial charge in [0.2, 0.25) is 5.76 Å². The van der Waals surface area contributed by atoms with Gasteiger partial charge in [-0.1, -0.05) is 13.8 Å². The van der Waals surface area contributed by atoms with Crippen molar-refractivity contribution in [2.45, 2.75) is 32.7 Å². The van der Waals surface area contributed by atoms with Crippen LogP contribution in [0.5, 0.6) is 0 Å². The third-order valence-corrected chi connectivity index (χ3v) is 2.05. The molecule has 2 unspecified atom stereocenters. The summed E-state index contributed by atoms with van der Waals surface area (Å²) in [7, 11) is 1.08. The van der Waals surface area contributed by atoms with Crippen LogP contribution in [0.1, 0.15) is 20.3 Å². The summed E-state index contributed by atoms with van der Waals surface area (Å²) in [5, 5.41) is 27.2. The fourth-order valence-electron chi connectivity index (χ4n) is 1.15. The molecular weight excluding hydrogens is 260 g/mol. The molecule has 1 rings (SSSR count). The van der Waals surface area contributed by atoms with E-state index in [0.29, 0.717) is 0 Å². The molecule has 8 nitrogen and oxygen atoms in total. The normalized spacial score (nSPS) is 19.4. The molecule has 1 aliphatic heterocycles. The van der Waals surface area contributed by atoms with Crippen LogP contribution in [-0.2, 0) is 23.8 Å². The molecule has 1 heterocycles. The number of cyclic esters (lactones) is 1. The van der Waals surface area contributed by atoms with E-state index < -0.39 is 35.9 Å². The van der Waals surface area contributed by atoms with Crippen molar-refractivity contribution in [3.63, 3.8) is 0 Å². The summed E-state index contributed by atoms with van der Waals surface area (Å²) in [5.41, 5.74) is 0. The number of aliphatic hydroxyl groups is 3. The van der Waals surface area contributed by atoms with Gasteiger partial charge in [-0.2, -0.15) is 0 Å². The zero-order valence-corrected chi connectivity index (χ0v) is 11.0. The minimum atomic E-state index is -1.74. The molecule has 0 aliphatic carbocycles. The lowest BCUT2D eigenvalue weighted by Gasteiger charge is -2.12. The summed E-state index contributed by atoms with van der Waals surface area (Å²) in [4.78, 5) is 21.5. The highest BCUT2D eigenvalue weighted by atomic mass is 16.6. The second kappa shape index (κ2) is 8.33. The van der Waals surface area contributed by atoms with Crippen molar-refractivity contribution in [3.05, 3.63) is 11.5 Å². The van der Waals surface area contributed by atoms with Crippen LogP contribution in [0.3, 0.4) is 0 Å². The molecule has 0 radical (unpaired) electrons. The van der Waals surface area contributed by atoms with Crippen LogP contribution in [0.15, 0.2) is 11.5 Å². The number of hydrogen-bond donors (Lipinski definition) is 3. The van der Waals surface area contributed by atoms with E-state index in [9.17, 15) is 14.7 Å². The second-order valence-electron chi connectivity index (χ2n) is 3.16. The summed E-state index contributed by atoms with van der Waals surface area (Å²) < 4.78 is 13.4. The van der Waals surface area contributed by atoms with E-state index in [1.807, 2.05) is 13.8 Å². The number of carbonyl (C=O) groups excluding carboxylic acids is 2. The molecule has 0 amide bonds. The fourth-order valence-corrected chi connectivity index (χ4v) is 1.15. The standard InChI is InChI=1S/C9H12O8.C2H6/c1-15-8(13)9(14)16-3-2-4-5(10)6(11)7(12)17-4;1-2/h4,9-11,14H,2-3H2,1H3;1-2H3. The number of rotatable bonds is 5. The molecule has 8 heteroatoms. The first-order valence-corrected chi connectivity index (χ1v) is 5.68. The maximum atomic E-state index is 10.8. The topological polar surface area (TPSA) is 123 Å². The van der Waals surface area contributed by atoms with Crippen LogP contribution in [-0.4, -0.2) is 53.4 Å². The van der Waals surface area contributed by atoms with E-state index in [1.165, 1.54) is 0 Å². The second-order valence-corrected chi connectivity index (χ2v) is 3.16. The zero-order valence-electron chi connectivity index (χ0n) is 11.0. The molecule has 0 fully saturated rings. The summed E-state index contributed by atoms with van der Waals surface area (Å²) in [6.07, 6.45) is -2.79. The maximum absolute atomic E-state index is 10.8. The SMILES string of the molecule is CC.COC(=O)C(O)OCCC1OC(=O)C(O)=C1O. The van der Waals surface area contributed by atoms with Crippen LogP contribution in [0.2, 0.25) is 0 Å². The molecule has 0 aromatic carbocycles. The summed E-state index contributed by atoms with van der Waals surface area (Å²) in [5.74, 6) is -3.42. The van der Waals surface area contributed by atoms with Crippen LogP contribution in [0.25, 0.3) is 0 Å². The number of methoxy groups -OCH3 is 1. The predicted molar refractivity (Wildman–Crippen MR) is 62.1 cm³/mol. The lowest BCUT2D eigenvalue weighted by Crippen LogP contribution is -2.26. The van der Waals surface area contributed by atoms with Crippen molar-refractivity contribution in [1.82, 2.24) is 0 Å². The number of carbonyl (C=O) groups is 2. The van der Waals surface area contributed by atoms with Gasteiger partial charge in [0.05, 0.1) is 13.7 Å². The Morgan fingerprint density at radius 2 is 2.00 bits per heavy atom. The number of aliphatic hydroxyl groups excluding tert-OH is 3. The molecule has 0 bridgehead atoms. The van der Waals surface area contributed by atoms with Crippen molar-refractivity contribution < 1.29 is 39.1 Å². The van der Waals surface area contributed by atoms with Crippen molar-refractivity contribution in [1.29, 1.82) is 0 Å². The molecule has 0 saturated heterocycles. The first-order valence-electron chi connectivity index (χ1n) is 5.68. The van der Waals surface area contributed by atoms with Crippen molar-refractivity contribution in [2.24, 2.45) is 0 Å². The Morgan fingerprint density at radius 3 is 2.42 bits per heavy atom. The molecule has 19 heavy (non-hydrogen) atoms.